The van der Waals surface area contributed by atoms with Gasteiger partial charge in [-0.15, -0.1) is 11.3 Å². The highest BCUT2D eigenvalue weighted by Gasteiger charge is 2.17. The van der Waals surface area contributed by atoms with Gasteiger partial charge in [0.15, 0.2) is 5.13 Å². The predicted molar refractivity (Wildman–Crippen MR) is 130 cm³/mol. The maximum atomic E-state index is 13.1. The Morgan fingerprint density at radius 3 is 2.41 bits per heavy atom. The van der Waals surface area contributed by atoms with Crippen molar-refractivity contribution in [1.29, 1.82) is 0 Å². The molecule has 1 amide bonds. The van der Waals surface area contributed by atoms with Gasteiger partial charge in [0.25, 0.3) is 15.9 Å². The second-order valence-electron chi connectivity index (χ2n) is 7.25. The monoisotopic (exact) mass is 497 g/mol. The second-order valence-corrected chi connectivity index (χ2v) is 10.1. The summed E-state index contributed by atoms with van der Waals surface area (Å²) in [7, 11) is -2.34. The van der Waals surface area contributed by atoms with E-state index in [0.717, 1.165) is 34.0 Å². The third-order valence-electron chi connectivity index (χ3n) is 4.88. The van der Waals surface area contributed by atoms with Crippen molar-refractivity contribution in [3.05, 3.63) is 89.1 Å². The molecule has 1 heterocycles. The van der Waals surface area contributed by atoms with Crippen LogP contribution in [0.1, 0.15) is 15.2 Å². The van der Waals surface area contributed by atoms with E-state index in [4.69, 9.17) is 4.74 Å². The van der Waals surface area contributed by atoms with E-state index in [2.05, 4.69) is 15.0 Å². The number of aryl methyl sites for hydroxylation is 1. The van der Waals surface area contributed by atoms with Crippen molar-refractivity contribution in [2.24, 2.45) is 0 Å². The van der Waals surface area contributed by atoms with Crippen LogP contribution in [0.2, 0.25) is 0 Å². The summed E-state index contributed by atoms with van der Waals surface area (Å²) in [6.07, 6.45) is 0. The number of halogens is 1. The molecule has 3 aromatic carbocycles. The lowest BCUT2D eigenvalue weighted by Gasteiger charge is -2.09. The van der Waals surface area contributed by atoms with Crippen molar-refractivity contribution >= 4 is 38.1 Å². The Balaban J connectivity index is 1.50. The van der Waals surface area contributed by atoms with Gasteiger partial charge in [0.2, 0.25) is 0 Å². The van der Waals surface area contributed by atoms with Crippen molar-refractivity contribution in [2.75, 3.05) is 17.1 Å². The van der Waals surface area contributed by atoms with Gasteiger partial charge in [0, 0.05) is 21.7 Å². The number of carbonyl (C=O) groups excluding carboxylic acids is 1. The first-order valence-electron chi connectivity index (χ1n) is 10.1. The number of rotatable bonds is 7. The number of carbonyl (C=O) groups is 1. The van der Waals surface area contributed by atoms with E-state index in [1.165, 1.54) is 35.6 Å². The molecule has 174 valence electrons. The summed E-state index contributed by atoms with van der Waals surface area (Å²) in [5.41, 5.74) is 2.10. The van der Waals surface area contributed by atoms with E-state index >= 15 is 0 Å². The number of benzene rings is 3. The normalized spacial score (nSPS) is 11.1. The lowest BCUT2D eigenvalue weighted by atomic mass is 10.1. The molecule has 0 saturated heterocycles. The molecule has 0 unspecified atom stereocenters. The van der Waals surface area contributed by atoms with Gasteiger partial charge in [-0.3, -0.25) is 14.8 Å². The number of sulfonamides is 1. The quantitative estimate of drug-likeness (QED) is 0.360. The molecular formula is C24H20FN3O4S2. The second kappa shape index (κ2) is 9.62. The van der Waals surface area contributed by atoms with Gasteiger partial charge in [-0.25, -0.2) is 17.8 Å². The van der Waals surface area contributed by atoms with Crippen LogP contribution in [-0.2, 0) is 10.0 Å². The summed E-state index contributed by atoms with van der Waals surface area (Å²) in [5, 5.41) is 3.19. The minimum Gasteiger partial charge on any atom is -0.497 e. The zero-order valence-electron chi connectivity index (χ0n) is 18.2. The number of anilines is 2. The first-order valence-corrected chi connectivity index (χ1v) is 12.4. The molecule has 0 aliphatic rings. The molecule has 0 aliphatic carbocycles. The highest BCUT2D eigenvalue weighted by atomic mass is 32.2. The molecule has 2 N–H and O–H groups in total. The number of hydrogen-bond donors (Lipinski definition) is 2. The van der Waals surface area contributed by atoms with Crippen LogP contribution in [0.25, 0.3) is 11.3 Å². The molecule has 0 saturated carbocycles. The van der Waals surface area contributed by atoms with Crippen molar-refractivity contribution in [3.8, 4) is 17.0 Å². The zero-order chi connectivity index (χ0) is 24.3. The average Bonchev–Trinajstić information content (AvgIpc) is 3.19. The summed E-state index contributed by atoms with van der Waals surface area (Å²) in [5.74, 6) is -0.233. The Kier molecular flexibility index (Phi) is 6.62. The van der Waals surface area contributed by atoms with Gasteiger partial charge >= 0.3 is 0 Å². The highest BCUT2D eigenvalue weighted by molar-refractivity contribution is 7.92. The third-order valence-corrected chi connectivity index (χ3v) is 7.16. The van der Waals surface area contributed by atoms with Crippen LogP contribution in [0.5, 0.6) is 5.75 Å². The fraction of sp³-hybridized carbons (Fsp3) is 0.0833. The van der Waals surface area contributed by atoms with Crippen molar-refractivity contribution in [3.63, 3.8) is 0 Å². The summed E-state index contributed by atoms with van der Waals surface area (Å²) in [4.78, 5) is 18.2. The van der Waals surface area contributed by atoms with Crippen LogP contribution in [-0.4, -0.2) is 26.4 Å². The van der Waals surface area contributed by atoms with Gasteiger partial charge in [0.1, 0.15) is 11.6 Å². The summed E-state index contributed by atoms with van der Waals surface area (Å²) in [6.45, 7) is 1.91. The maximum Gasteiger partial charge on any atom is 0.261 e. The largest absolute Gasteiger partial charge is 0.497 e. The lowest BCUT2D eigenvalue weighted by Crippen LogP contribution is -2.15. The molecular weight excluding hydrogens is 477 g/mol. The first kappa shape index (κ1) is 23.4. The Morgan fingerprint density at radius 2 is 1.74 bits per heavy atom. The molecule has 0 aliphatic heterocycles. The zero-order valence-corrected chi connectivity index (χ0v) is 19.8. The average molecular weight is 498 g/mol. The minimum absolute atomic E-state index is 0.0897. The Labute approximate surface area is 200 Å². The predicted octanol–water partition coefficient (Wildman–Crippen LogP) is 5.32. The number of thiazole rings is 1. The van der Waals surface area contributed by atoms with Crippen LogP contribution in [0.15, 0.2) is 77.7 Å². The summed E-state index contributed by atoms with van der Waals surface area (Å²) < 4.78 is 45.8. The van der Waals surface area contributed by atoms with E-state index in [1.807, 2.05) is 31.2 Å². The molecule has 7 nitrogen and oxygen atoms in total. The molecule has 34 heavy (non-hydrogen) atoms. The first-order chi connectivity index (χ1) is 16.2. The molecule has 0 spiro atoms. The fourth-order valence-corrected chi connectivity index (χ4v) is 5.07. The molecule has 0 radical (unpaired) electrons. The molecule has 4 aromatic rings. The van der Waals surface area contributed by atoms with Crippen LogP contribution in [0.4, 0.5) is 15.2 Å². The van der Waals surface area contributed by atoms with E-state index in [0.29, 0.717) is 5.13 Å². The standard InChI is InChI=1S/C24H20FN3O4S2/c1-15-22(16-6-10-20(32-2)11-7-16)26-24(33-15)27-23(29)17-4-3-5-19(14-17)28-34(30,31)21-12-8-18(25)9-13-21/h3-14,28H,1-2H3,(H,26,27,29). The number of methoxy groups -OCH3 is 1. The van der Waals surface area contributed by atoms with Gasteiger partial charge in [-0.1, -0.05) is 6.07 Å². The van der Waals surface area contributed by atoms with E-state index in [-0.39, 0.29) is 16.1 Å². The van der Waals surface area contributed by atoms with Crippen molar-refractivity contribution in [1.82, 2.24) is 4.98 Å². The maximum absolute atomic E-state index is 13.1. The molecule has 0 atom stereocenters. The fourth-order valence-electron chi connectivity index (χ4n) is 3.19. The van der Waals surface area contributed by atoms with Gasteiger partial charge in [-0.2, -0.15) is 0 Å². The molecule has 1 aromatic heterocycles. The summed E-state index contributed by atoms with van der Waals surface area (Å²) in [6, 6.07) is 18.0. The Bertz CT molecular complexity index is 1430. The molecule has 0 fully saturated rings. The number of nitrogens with one attached hydrogen (secondary N) is 2. The minimum atomic E-state index is -3.94. The van der Waals surface area contributed by atoms with Crippen LogP contribution in [0, 0.1) is 12.7 Å². The van der Waals surface area contributed by atoms with Gasteiger partial charge in [-0.05, 0) is 73.7 Å². The van der Waals surface area contributed by atoms with Gasteiger partial charge in [0.05, 0.1) is 17.7 Å². The number of hydrogen-bond acceptors (Lipinski definition) is 6. The Hall–Kier alpha value is -3.76. The van der Waals surface area contributed by atoms with Crippen LogP contribution in [0.3, 0.4) is 0 Å². The number of ether oxygens (including phenoxy) is 1. The number of aromatic nitrogens is 1. The van der Waals surface area contributed by atoms with Crippen LogP contribution >= 0.6 is 11.3 Å². The van der Waals surface area contributed by atoms with E-state index in [1.54, 1.807) is 19.2 Å². The molecule has 4 rings (SSSR count). The number of nitrogens with zero attached hydrogens (tertiary/aromatic N) is 1. The van der Waals surface area contributed by atoms with Crippen molar-refractivity contribution in [2.45, 2.75) is 11.8 Å². The summed E-state index contributed by atoms with van der Waals surface area (Å²) >= 11 is 1.34. The van der Waals surface area contributed by atoms with Crippen LogP contribution < -0.4 is 14.8 Å². The van der Waals surface area contributed by atoms with Crippen molar-refractivity contribution < 1.29 is 22.3 Å². The lowest BCUT2D eigenvalue weighted by molar-refractivity contribution is 0.102. The third kappa shape index (κ3) is 5.24. The van der Waals surface area contributed by atoms with E-state index in [9.17, 15) is 17.6 Å². The smallest absolute Gasteiger partial charge is 0.261 e. The molecule has 10 heteroatoms. The van der Waals surface area contributed by atoms with E-state index < -0.39 is 21.7 Å². The molecule has 0 bridgehead atoms. The Morgan fingerprint density at radius 1 is 1.03 bits per heavy atom. The van der Waals surface area contributed by atoms with Gasteiger partial charge < -0.3 is 4.74 Å². The SMILES string of the molecule is COc1ccc(-c2nc(NC(=O)c3cccc(NS(=O)(=O)c4ccc(F)cc4)c3)sc2C)cc1. The highest BCUT2D eigenvalue weighted by Crippen LogP contribution is 2.31. The number of amides is 1. The topological polar surface area (TPSA) is 97.4 Å².